The molecule has 0 bridgehead atoms. The molecule has 0 saturated carbocycles. The van der Waals surface area contributed by atoms with Crippen molar-refractivity contribution in [2.24, 2.45) is 0 Å². The van der Waals surface area contributed by atoms with Crippen LogP contribution in [0, 0.1) is 10.1 Å². The summed E-state index contributed by atoms with van der Waals surface area (Å²) in [5.41, 5.74) is -0.356. The van der Waals surface area contributed by atoms with Gasteiger partial charge in [0.1, 0.15) is 4.90 Å². The monoisotopic (exact) mass is 251 g/mol. The van der Waals surface area contributed by atoms with Crippen molar-refractivity contribution in [3.05, 3.63) is 46.5 Å². The minimum absolute atomic E-state index is 0.249. The smallest absolute Gasteiger partial charge is 0.258 e. The first-order valence-electron chi connectivity index (χ1n) is 4.77. The summed E-state index contributed by atoms with van der Waals surface area (Å²) in [4.78, 5) is 10.1. The first-order valence-corrected chi connectivity index (χ1v) is 6.66. The summed E-state index contributed by atoms with van der Waals surface area (Å²) in [5.74, 6) is 0. The molecule has 0 N–H and O–H groups in total. The number of hydrogen-bond acceptors (Lipinski definition) is 4. The van der Waals surface area contributed by atoms with Crippen LogP contribution in [0.1, 0.15) is 0 Å². The third kappa shape index (κ3) is 1.99. The zero-order chi connectivity index (χ0) is 12.6. The van der Waals surface area contributed by atoms with Gasteiger partial charge in [-0.25, -0.2) is 8.42 Å². The van der Waals surface area contributed by atoms with Gasteiger partial charge in [-0.05, 0) is 17.5 Å². The van der Waals surface area contributed by atoms with Gasteiger partial charge in [0.25, 0.3) is 5.69 Å². The number of fused-ring (bicyclic) bond motifs is 1. The van der Waals surface area contributed by atoms with E-state index in [-0.39, 0.29) is 10.6 Å². The second-order valence-corrected chi connectivity index (χ2v) is 5.65. The van der Waals surface area contributed by atoms with Crippen LogP contribution in [0.5, 0.6) is 0 Å². The van der Waals surface area contributed by atoms with E-state index in [9.17, 15) is 18.5 Å². The van der Waals surface area contributed by atoms with E-state index >= 15 is 0 Å². The lowest BCUT2D eigenvalue weighted by Gasteiger charge is -2.04. The topological polar surface area (TPSA) is 77.3 Å². The highest BCUT2D eigenvalue weighted by Crippen LogP contribution is 2.32. The third-order valence-corrected chi connectivity index (χ3v) is 3.57. The van der Waals surface area contributed by atoms with Crippen molar-refractivity contribution in [3.8, 4) is 0 Å². The van der Waals surface area contributed by atoms with Gasteiger partial charge < -0.3 is 0 Å². The van der Waals surface area contributed by atoms with E-state index in [1.54, 1.807) is 30.3 Å². The molecule has 0 aromatic heterocycles. The van der Waals surface area contributed by atoms with Crippen LogP contribution in [-0.4, -0.2) is 19.6 Å². The Morgan fingerprint density at radius 2 is 1.76 bits per heavy atom. The summed E-state index contributed by atoms with van der Waals surface area (Å²) in [6, 6.07) is 9.47. The number of nitrogens with zero attached hydrogens (tertiary/aromatic N) is 1. The van der Waals surface area contributed by atoms with Crippen LogP contribution in [0.15, 0.2) is 41.3 Å². The van der Waals surface area contributed by atoms with E-state index in [0.29, 0.717) is 10.8 Å². The van der Waals surface area contributed by atoms with Crippen molar-refractivity contribution >= 4 is 26.3 Å². The molecule has 0 amide bonds. The van der Waals surface area contributed by atoms with Gasteiger partial charge in [-0.3, -0.25) is 10.1 Å². The SMILES string of the molecule is CS(=O)(=O)c1ccc2ccccc2c1[N+](=O)[O-]. The minimum Gasteiger partial charge on any atom is -0.258 e. The van der Waals surface area contributed by atoms with E-state index in [1.165, 1.54) is 6.07 Å². The molecule has 2 rings (SSSR count). The van der Waals surface area contributed by atoms with Crippen molar-refractivity contribution in [1.29, 1.82) is 0 Å². The average Bonchev–Trinajstić information content (AvgIpc) is 2.26. The molecule has 0 saturated heterocycles. The predicted octanol–water partition coefficient (Wildman–Crippen LogP) is 2.15. The first kappa shape index (κ1) is 11.5. The molecule has 6 heteroatoms. The molecular weight excluding hydrogens is 242 g/mol. The summed E-state index contributed by atoms with van der Waals surface area (Å²) in [6.07, 6.45) is 0.962. The molecule has 2 aromatic carbocycles. The van der Waals surface area contributed by atoms with Gasteiger partial charge in [0.2, 0.25) is 0 Å². The van der Waals surface area contributed by atoms with Crippen LogP contribution in [0.2, 0.25) is 0 Å². The Kier molecular flexibility index (Phi) is 2.59. The number of sulfone groups is 1. The Morgan fingerprint density at radius 1 is 1.12 bits per heavy atom. The van der Waals surface area contributed by atoms with Gasteiger partial charge in [0.15, 0.2) is 9.84 Å². The average molecular weight is 251 g/mol. The Hall–Kier alpha value is -1.95. The van der Waals surface area contributed by atoms with Crippen molar-refractivity contribution < 1.29 is 13.3 Å². The first-order chi connectivity index (χ1) is 7.91. The number of benzene rings is 2. The molecule has 0 aliphatic carbocycles. The maximum Gasteiger partial charge on any atom is 0.295 e. The lowest BCUT2D eigenvalue weighted by Crippen LogP contribution is -2.03. The van der Waals surface area contributed by atoms with Crippen molar-refractivity contribution in [2.75, 3.05) is 6.26 Å². The number of rotatable bonds is 2. The fraction of sp³-hybridized carbons (Fsp3) is 0.0909. The van der Waals surface area contributed by atoms with Crippen LogP contribution >= 0.6 is 0 Å². The molecule has 17 heavy (non-hydrogen) atoms. The molecular formula is C11H9NO4S. The van der Waals surface area contributed by atoms with E-state index in [4.69, 9.17) is 0 Å². The number of nitro benzene ring substituents is 1. The molecule has 2 aromatic rings. The highest BCUT2D eigenvalue weighted by Gasteiger charge is 2.24. The summed E-state index contributed by atoms with van der Waals surface area (Å²) in [5, 5.41) is 12.0. The van der Waals surface area contributed by atoms with Crippen LogP contribution in [0.3, 0.4) is 0 Å². The molecule has 0 spiro atoms. The van der Waals surface area contributed by atoms with Crippen LogP contribution in [-0.2, 0) is 9.84 Å². The van der Waals surface area contributed by atoms with Gasteiger partial charge in [0.05, 0.1) is 10.3 Å². The van der Waals surface area contributed by atoms with Crippen LogP contribution < -0.4 is 0 Å². The normalized spacial score (nSPS) is 11.6. The maximum absolute atomic E-state index is 11.5. The maximum atomic E-state index is 11.5. The predicted molar refractivity (Wildman–Crippen MR) is 63.7 cm³/mol. The van der Waals surface area contributed by atoms with E-state index in [2.05, 4.69) is 0 Å². The molecule has 0 aliphatic heterocycles. The summed E-state index contributed by atoms with van der Waals surface area (Å²) in [7, 11) is -3.61. The largest absolute Gasteiger partial charge is 0.295 e. The van der Waals surface area contributed by atoms with Crippen molar-refractivity contribution in [1.82, 2.24) is 0 Å². The molecule has 0 atom stereocenters. The van der Waals surface area contributed by atoms with E-state index in [0.717, 1.165) is 6.26 Å². The second-order valence-electron chi connectivity index (χ2n) is 3.66. The molecule has 0 fully saturated rings. The zero-order valence-electron chi connectivity index (χ0n) is 8.95. The molecule has 88 valence electrons. The van der Waals surface area contributed by atoms with E-state index < -0.39 is 14.8 Å². The van der Waals surface area contributed by atoms with Gasteiger partial charge in [-0.2, -0.15) is 0 Å². The van der Waals surface area contributed by atoms with Crippen molar-refractivity contribution in [3.63, 3.8) is 0 Å². The van der Waals surface area contributed by atoms with Gasteiger partial charge in [-0.1, -0.05) is 24.3 Å². The minimum atomic E-state index is -3.61. The fourth-order valence-corrected chi connectivity index (χ4v) is 2.57. The second kappa shape index (κ2) is 3.81. The van der Waals surface area contributed by atoms with Gasteiger partial charge in [-0.15, -0.1) is 0 Å². The Labute approximate surface area is 97.8 Å². The summed E-state index contributed by atoms with van der Waals surface area (Å²) >= 11 is 0. The number of nitro groups is 1. The van der Waals surface area contributed by atoms with Gasteiger partial charge >= 0.3 is 0 Å². The summed E-state index contributed by atoms with van der Waals surface area (Å²) in [6.45, 7) is 0. The molecule has 5 nitrogen and oxygen atoms in total. The Bertz CT molecular complexity index is 706. The highest BCUT2D eigenvalue weighted by molar-refractivity contribution is 7.90. The fourth-order valence-electron chi connectivity index (χ4n) is 1.72. The van der Waals surface area contributed by atoms with E-state index in [1.807, 2.05) is 0 Å². The van der Waals surface area contributed by atoms with Crippen LogP contribution in [0.4, 0.5) is 5.69 Å². The van der Waals surface area contributed by atoms with Crippen LogP contribution in [0.25, 0.3) is 10.8 Å². The van der Waals surface area contributed by atoms with Gasteiger partial charge in [0, 0.05) is 6.26 Å². The lowest BCUT2D eigenvalue weighted by atomic mass is 10.1. The molecule has 0 heterocycles. The Morgan fingerprint density at radius 3 is 2.35 bits per heavy atom. The number of hydrogen-bond donors (Lipinski definition) is 0. The molecule has 0 unspecified atom stereocenters. The molecule has 0 aliphatic rings. The quantitative estimate of drug-likeness (QED) is 0.605. The Balaban J connectivity index is 2.98. The zero-order valence-corrected chi connectivity index (χ0v) is 9.77. The lowest BCUT2D eigenvalue weighted by molar-refractivity contribution is -0.386. The summed E-state index contributed by atoms with van der Waals surface area (Å²) < 4.78 is 23.0. The standard InChI is InChI=1S/C11H9NO4S/c1-17(15,16)10-7-6-8-4-2-3-5-9(8)11(10)12(13)14/h2-7H,1H3. The van der Waals surface area contributed by atoms with Crippen molar-refractivity contribution in [2.45, 2.75) is 4.90 Å². The highest BCUT2D eigenvalue weighted by atomic mass is 32.2. The molecule has 0 radical (unpaired) electrons. The third-order valence-electron chi connectivity index (χ3n) is 2.45.